The van der Waals surface area contributed by atoms with Crippen LogP contribution >= 0.6 is 11.3 Å². The first-order chi connectivity index (χ1) is 10.7. The van der Waals surface area contributed by atoms with Crippen molar-refractivity contribution in [2.24, 2.45) is 0 Å². The van der Waals surface area contributed by atoms with Crippen molar-refractivity contribution >= 4 is 28.2 Å². The van der Waals surface area contributed by atoms with Crippen LogP contribution in [0.3, 0.4) is 0 Å². The van der Waals surface area contributed by atoms with Gasteiger partial charge in [0.25, 0.3) is 11.8 Å². The van der Waals surface area contributed by atoms with Gasteiger partial charge >= 0.3 is 0 Å². The minimum absolute atomic E-state index is 0.00382. The number of benzene rings is 1. The Hall–Kier alpha value is -2.14. The summed E-state index contributed by atoms with van der Waals surface area (Å²) in [5, 5.41) is 5.32. The Kier molecular flexibility index (Phi) is 4.24. The molecule has 114 valence electrons. The molecule has 1 aromatic carbocycles. The summed E-state index contributed by atoms with van der Waals surface area (Å²) in [6.45, 7) is 3.69. The molecule has 2 amide bonds. The molecular weight excluding hydrogens is 296 g/mol. The first kappa shape index (κ1) is 14.8. The molecule has 1 aliphatic heterocycles. The maximum absolute atomic E-state index is 12.3. The third-order valence-electron chi connectivity index (χ3n) is 3.89. The summed E-state index contributed by atoms with van der Waals surface area (Å²) in [4.78, 5) is 26.4. The number of aryl methyl sites for hydroxylation is 1. The SMILES string of the molecule is CCc1ccc(C(=O)Nc2sccc2C(=O)N2CCC2)cc1. The van der Waals surface area contributed by atoms with Crippen LogP contribution in [0.1, 0.15) is 39.6 Å². The van der Waals surface area contributed by atoms with E-state index in [1.807, 2.05) is 29.6 Å². The summed E-state index contributed by atoms with van der Waals surface area (Å²) in [6.07, 6.45) is 2.00. The highest BCUT2D eigenvalue weighted by atomic mass is 32.1. The highest BCUT2D eigenvalue weighted by Gasteiger charge is 2.25. The van der Waals surface area contributed by atoms with Gasteiger partial charge < -0.3 is 10.2 Å². The molecular formula is C17H18N2O2S. The van der Waals surface area contributed by atoms with Crippen molar-refractivity contribution in [3.8, 4) is 0 Å². The topological polar surface area (TPSA) is 49.4 Å². The Balaban J connectivity index is 1.73. The van der Waals surface area contributed by atoms with Crippen LogP contribution in [0.4, 0.5) is 5.00 Å². The van der Waals surface area contributed by atoms with Gasteiger partial charge in [0, 0.05) is 18.7 Å². The zero-order valence-electron chi connectivity index (χ0n) is 12.5. The standard InChI is InChI=1S/C17H18N2O2S/c1-2-12-4-6-13(7-5-12)15(20)18-16-14(8-11-22-16)17(21)19-9-3-10-19/h4-8,11H,2-3,9-10H2,1H3,(H,18,20). The van der Waals surface area contributed by atoms with Crippen LogP contribution < -0.4 is 5.32 Å². The van der Waals surface area contributed by atoms with Crippen molar-refractivity contribution in [2.75, 3.05) is 18.4 Å². The van der Waals surface area contributed by atoms with Crippen LogP contribution in [0, 0.1) is 0 Å². The van der Waals surface area contributed by atoms with Gasteiger partial charge in [0.2, 0.25) is 0 Å². The molecule has 0 radical (unpaired) electrons. The molecule has 22 heavy (non-hydrogen) atoms. The van der Waals surface area contributed by atoms with Gasteiger partial charge in [-0.3, -0.25) is 9.59 Å². The van der Waals surface area contributed by atoms with Gasteiger partial charge in [-0.1, -0.05) is 19.1 Å². The largest absolute Gasteiger partial charge is 0.338 e. The van der Waals surface area contributed by atoms with E-state index in [2.05, 4.69) is 12.2 Å². The summed E-state index contributed by atoms with van der Waals surface area (Å²) >= 11 is 1.38. The lowest BCUT2D eigenvalue weighted by atomic mass is 10.1. The molecule has 0 bridgehead atoms. The van der Waals surface area contributed by atoms with E-state index in [0.717, 1.165) is 25.9 Å². The van der Waals surface area contributed by atoms with Crippen LogP contribution in [-0.2, 0) is 6.42 Å². The number of anilines is 1. The lowest BCUT2D eigenvalue weighted by molar-refractivity contribution is 0.0653. The zero-order chi connectivity index (χ0) is 15.5. The van der Waals surface area contributed by atoms with Crippen molar-refractivity contribution in [1.82, 2.24) is 4.90 Å². The molecule has 2 heterocycles. The maximum atomic E-state index is 12.3. The molecule has 0 atom stereocenters. The number of nitrogens with one attached hydrogen (secondary N) is 1. The van der Waals surface area contributed by atoms with E-state index in [1.165, 1.54) is 16.9 Å². The number of amides is 2. The molecule has 1 aromatic heterocycles. The van der Waals surface area contributed by atoms with Gasteiger partial charge in [-0.15, -0.1) is 11.3 Å². The minimum Gasteiger partial charge on any atom is -0.338 e. The van der Waals surface area contributed by atoms with E-state index < -0.39 is 0 Å². The van der Waals surface area contributed by atoms with Gasteiger partial charge in [-0.05, 0) is 42.0 Å². The Morgan fingerprint density at radius 3 is 2.50 bits per heavy atom. The molecule has 1 aliphatic rings. The summed E-state index contributed by atoms with van der Waals surface area (Å²) in [7, 11) is 0. The fourth-order valence-corrected chi connectivity index (χ4v) is 3.11. The third kappa shape index (κ3) is 2.90. The number of carbonyl (C=O) groups is 2. The Morgan fingerprint density at radius 1 is 1.18 bits per heavy atom. The Labute approximate surface area is 133 Å². The van der Waals surface area contributed by atoms with E-state index in [1.54, 1.807) is 11.0 Å². The first-order valence-electron chi connectivity index (χ1n) is 7.46. The van der Waals surface area contributed by atoms with Crippen molar-refractivity contribution in [3.63, 3.8) is 0 Å². The van der Waals surface area contributed by atoms with E-state index >= 15 is 0 Å². The average Bonchev–Trinajstić information content (AvgIpc) is 2.93. The zero-order valence-corrected chi connectivity index (χ0v) is 13.3. The summed E-state index contributed by atoms with van der Waals surface area (Å²) in [5.74, 6) is -0.174. The van der Waals surface area contributed by atoms with Gasteiger partial charge in [-0.2, -0.15) is 0 Å². The number of rotatable bonds is 4. The van der Waals surface area contributed by atoms with E-state index in [-0.39, 0.29) is 11.8 Å². The normalized spacial score (nSPS) is 13.6. The number of hydrogen-bond donors (Lipinski definition) is 1. The van der Waals surface area contributed by atoms with E-state index in [0.29, 0.717) is 16.1 Å². The molecule has 1 N–H and O–H groups in total. The maximum Gasteiger partial charge on any atom is 0.256 e. The molecule has 0 aliphatic carbocycles. The van der Waals surface area contributed by atoms with Crippen molar-refractivity contribution in [2.45, 2.75) is 19.8 Å². The predicted octanol–water partition coefficient (Wildman–Crippen LogP) is 3.41. The van der Waals surface area contributed by atoms with E-state index in [4.69, 9.17) is 0 Å². The third-order valence-corrected chi connectivity index (χ3v) is 4.72. The molecule has 4 nitrogen and oxygen atoms in total. The van der Waals surface area contributed by atoms with Crippen LogP contribution in [0.2, 0.25) is 0 Å². The van der Waals surface area contributed by atoms with Gasteiger partial charge in [-0.25, -0.2) is 0 Å². The van der Waals surface area contributed by atoms with Crippen LogP contribution in [-0.4, -0.2) is 29.8 Å². The molecule has 1 saturated heterocycles. The summed E-state index contributed by atoms with van der Waals surface area (Å²) in [6, 6.07) is 9.32. The first-order valence-corrected chi connectivity index (χ1v) is 8.34. The second-order valence-electron chi connectivity index (χ2n) is 5.31. The fraction of sp³-hybridized carbons (Fsp3) is 0.294. The van der Waals surface area contributed by atoms with Crippen LogP contribution in [0.5, 0.6) is 0 Å². The fourth-order valence-electron chi connectivity index (χ4n) is 2.33. The quantitative estimate of drug-likeness (QED) is 0.940. The van der Waals surface area contributed by atoms with Crippen molar-refractivity contribution in [1.29, 1.82) is 0 Å². The van der Waals surface area contributed by atoms with E-state index in [9.17, 15) is 9.59 Å². The van der Waals surface area contributed by atoms with Gasteiger partial charge in [0.05, 0.1) is 5.56 Å². The molecule has 0 saturated carbocycles. The highest BCUT2D eigenvalue weighted by Crippen LogP contribution is 2.26. The van der Waals surface area contributed by atoms with Crippen molar-refractivity contribution < 1.29 is 9.59 Å². The molecule has 3 rings (SSSR count). The molecule has 1 fully saturated rings. The molecule has 5 heteroatoms. The second kappa shape index (κ2) is 6.32. The highest BCUT2D eigenvalue weighted by molar-refractivity contribution is 7.14. The van der Waals surface area contributed by atoms with Crippen LogP contribution in [0.25, 0.3) is 0 Å². The second-order valence-corrected chi connectivity index (χ2v) is 6.23. The molecule has 2 aromatic rings. The van der Waals surface area contributed by atoms with Crippen LogP contribution in [0.15, 0.2) is 35.7 Å². The summed E-state index contributed by atoms with van der Waals surface area (Å²) in [5.41, 5.74) is 2.39. The average molecular weight is 314 g/mol. The number of hydrogen-bond acceptors (Lipinski definition) is 3. The van der Waals surface area contributed by atoms with Gasteiger partial charge in [0.1, 0.15) is 5.00 Å². The minimum atomic E-state index is -0.178. The number of nitrogens with zero attached hydrogens (tertiary/aromatic N) is 1. The Bertz CT molecular complexity index is 687. The molecule has 0 unspecified atom stereocenters. The molecule has 0 spiro atoms. The number of carbonyl (C=O) groups excluding carboxylic acids is 2. The monoisotopic (exact) mass is 314 g/mol. The number of thiophene rings is 1. The smallest absolute Gasteiger partial charge is 0.256 e. The van der Waals surface area contributed by atoms with Gasteiger partial charge in [0.15, 0.2) is 0 Å². The number of likely N-dealkylation sites (tertiary alicyclic amines) is 1. The lowest BCUT2D eigenvalue weighted by Crippen LogP contribution is -2.42. The Morgan fingerprint density at radius 2 is 1.91 bits per heavy atom. The lowest BCUT2D eigenvalue weighted by Gasteiger charge is -2.30. The summed E-state index contributed by atoms with van der Waals surface area (Å²) < 4.78 is 0. The predicted molar refractivity (Wildman–Crippen MR) is 88.6 cm³/mol. The van der Waals surface area contributed by atoms with Crippen molar-refractivity contribution in [3.05, 3.63) is 52.4 Å².